The first kappa shape index (κ1) is 12.5. The zero-order valence-electron chi connectivity index (χ0n) is 9.15. The normalized spacial score (nSPS) is 14.9. The molecule has 0 aliphatic rings. The quantitative estimate of drug-likeness (QED) is 0.499. The minimum atomic E-state index is -0.611. The molecule has 0 aromatic heterocycles. The van der Waals surface area contributed by atoms with Gasteiger partial charge in [-0.25, -0.2) is 0 Å². The smallest absolute Gasteiger partial charge is 0.0766 e. The summed E-state index contributed by atoms with van der Waals surface area (Å²) < 4.78 is 0. The van der Waals surface area contributed by atoms with Crippen molar-refractivity contribution >= 4 is 0 Å². The molecule has 2 N–H and O–H groups in total. The minimum absolute atomic E-state index is 0.275. The lowest BCUT2D eigenvalue weighted by Crippen LogP contribution is -2.42. The second-order valence-electron chi connectivity index (χ2n) is 3.87. The highest BCUT2D eigenvalue weighted by molar-refractivity contribution is 4.95. The molecule has 0 amide bonds. The van der Waals surface area contributed by atoms with Gasteiger partial charge in [-0.3, -0.25) is 0 Å². The van der Waals surface area contributed by atoms with Gasteiger partial charge in [-0.05, 0) is 19.8 Å². The molecule has 0 heterocycles. The second kappa shape index (κ2) is 6.01. The molecule has 13 heavy (non-hydrogen) atoms. The first-order valence-electron chi connectivity index (χ1n) is 4.83. The van der Waals surface area contributed by atoms with Crippen molar-refractivity contribution in [3.63, 3.8) is 0 Å². The van der Waals surface area contributed by atoms with Gasteiger partial charge < -0.3 is 10.4 Å². The number of hydrogen-bond acceptors (Lipinski definition) is 2. The Bertz CT molecular complexity index is 186. The molecule has 0 aliphatic carbocycles. The molecule has 2 nitrogen and oxygen atoms in total. The molecule has 0 aliphatic heterocycles. The maximum atomic E-state index is 9.85. The molecule has 0 spiro atoms. The van der Waals surface area contributed by atoms with E-state index in [1.807, 2.05) is 27.7 Å². The van der Waals surface area contributed by atoms with E-state index in [0.29, 0.717) is 6.54 Å². The van der Waals surface area contributed by atoms with Crippen LogP contribution in [0.25, 0.3) is 0 Å². The summed E-state index contributed by atoms with van der Waals surface area (Å²) >= 11 is 0. The van der Waals surface area contributed by atoms with Crippen LogP contribution in [0.4, 0.5) is 0 Å². The summed E-state index contributed by atoms with van der Waals surface area (Å²) in [4.78, 5) is 0. The summed E-state index contributed by atoms with van der Waals surface area (Å²) in [6, 6.07) is 0. The van der Waals surface area contributed by atoms with Crippen LogP contribution in [0.3, 0.4) is 0 Å². The number of aliphatic hydroxyl groups is 1. The maximum absolute atomic E-state index is 9.85. The molecule has 1 unspecified atom stereocenters. The summed E-state index contributed by atoms with van der Waals surface area (Å²) in [7, 11) is 0. The molecule has 0 saturated carbocycles. The topological polar surface area (TPSA) is 32.3 Å². The summed E-state index contributed by atoms with van der Waals surface area (Å²) in [5, 5.41) is 13.0. The van der Waals surface area contributed by atoms with E-state index in [0.717, 1.165) is 13.0 Å². The van der Waals surface area contributed by atoms with Crippen molar-refractivity contribution < 1.29 is 5.11 Å². The van der Waals surface area contributed by atoms with Crippen LogP contribution in [0, 0.1) is 17.8 Å². The summed E-state index contributed by atoms with van der Waals surface area (Å²) in [6.07, 6.45) is 0.852. The number of rotatable bonds is 5. The van der Waals surface area contributed by atoms with E-state index in [1.54, 1.807) is 0 Å². The van der Waals surface area contributed by atoms with Crippen LogP contribution in [0.15, 0.2) is 0 Å². The van der Waals surface area contributed by atoms with E-state index in [-0.39, 0.29) is 5.92 Å². The van der Waals surface area contributed by atoms with Crippen LogP contribution in [0.5, 0.6) is 0 Å². The van der Waals surface area contributed by atoms with Gasteiger partial charge >= 0.3 is 0 Å². The molecule has 0 aromatic carbocycles. The van der Waals surface area contributed by atoms with Crippen LogP contribution in [-0.2, 0) is 0 Å². The van der Waals surface area contributed by atoms with E-state index in [4.69, 9.17) is 0 Å². The highest BCUT2D eigenvalue weighted by Crippen LogP contribution is 2.14. The number of nitrogens with one attached hydrogen (secondary N) is 1. The Morgan fingerprint density at radius 3 is 2.54 bits per heavy atom. The van der Waals surface area contributed by atoms with Gasteiger partial charge in [0.25, 0.3) is 0 Å². The molecular formula is C11H21NO. The van der Waals surface area contributed by atoms with E-state index >= 15 is 0 Å². The average molecular weight is 183 g/mol. The summed E-state index contributed by atoms with van der Waals surface area (Å²) in [6.45, 7) is 9.22. The fraction of sp³-hybridized carbons (Fsp3) is 0.818. The van der Waals surface area contributed by atoms with E-state index in [1.165, 1.54) is 0 Å². The Kier molecular flexibility index (Phi) is 5.77. The average Bonchev–Trinajstić information content (AvgIpc) is 2.03. The Morgan fingerprint density at radius 1 is 1.46 bits per heavy atom. The summed E-state index contributed by atoms with van der Waals surface area (Å²) in [5.41, 5.74) is -0.611. The molecule has 0 bridgehead atoms. The third-order valence-electron chi connectivity index (χ3n) is 2.33. The van der Waals surface area contributed by atoms with Gasteiger partial charge in [0.1, 0.15) is 0 Å². The van der Waals surface area contributed by atoms with Gasteiger partial charge in [-0.2, -0.15) is 0 Å². The van der Waals surface area contributed by atoms with Crippen LogP contribution >= 0.6 is 0 Å². The van der Waals surface area contributed by atoms with Gasteiger partial charge in [-0.15, -0.1) is 11.8 Å². The summed E-state index contributed by atoms with van der Waals surface area (Å²) in [5.74, 6) is 6.08. The van der Waals surface area contributed by atoms with Crippen molar-refractivity contribution in [2.24, 2.45) is 5.92 Å². The second-order valence-corrected chi connectivity index (χ2v) is 3.87. The van der Waals surface area contributed by atoms with E-state index in [9.17, 15) is 5.11 Å². The molecule has 76 valence electrons. The Balaban J connectivity index is 3.56. The Morgan fingerprint density at radius 2 is 2.08 bits per heavy atom. The largest absolute Gasteiger partial charge is 0.389 e. The first-order chi connectivity index (χ1) is 6.00. The molecule has 0 aromatic rings. The van der Waals surface area contributed by atoms with Crippen molar-refractivity contribution in [2.45, 2.75) is 39.7 Å². The highest BCUT2D eigenvalue weighted by Gasteiger charge is 2.23. The lowest BCUT2D eigenvalue weighted by molar-refractivity contribution is 0.0146. The van der Waals surface area contributed by atoms with Crippen molar-refractivity contribution in [3.05, 3.63) is 0 Å². The molecular weight excluding hydrogens is 162 g/mol. The van der Waals surface area contributed by atoms with Gasteiger partial charge in [-0.1, -0.05) is 13.8 Å². The minimum Gasteiger partial charge on any atom is -0.389 e. The third-order valence-corrected chi connectivity index (χ3v) is 2.33. The van der Waals surface area contributed by atoms with Crippen molar-refractivity contribution in [1.82, 2.24) is 5.32 Å². The predicted octanol–water partition coefficient (Wildman–Crippen LogP) is 1.40. The zero-order chi connectivity index (χ0) is 10.3. The van der Waals surface area contributed by atoms with E-state index < -0.39 is 5.60 Å². The highest BCUT2D eigenvalue weighted by atomic mass is 16.3. The lowest BCUT2D eigenvalue weighted by atomic mass is 9.92. The molecule has 0 radical (unpaired) electrons. The molecule has 1 atom stereocenters. The lowest BCUT2D eigenvalue weighted by Gasteiger charge is -2.27. The van der Waals surface area contributed by atoms with Crippen molar-refractivity contribution in [3.8, 4) is 11.8 Å². The standard InChI is InChI=1S/C11H21NO/c1-5-6-7-8-12-9-11(4,13)10(2)3/h10,12-13H,7-9H2,1-4H3. The first-order valence-corrected chi connectivity index (χ1v) is 4.83. The van der Waals surface area contributed by atoms with Gasteiger partial charge in [0.15, 0.2) is 0 Å². The molecule has 0 fully saturated rings. The third kappa shape index (κ3) is 5.68. The fourth-order valence-electron chi connectivity index (χ4n) is 0.821. The van der Waals surface area contributed by atoms with Crippen molar-refractivity contribution in [1.29, 1.82) is 0 Å². The Labute approximate surface area is 81.7 Å². The monoisotopic (exact) mass is 183 g/mol. The van der Waals surface area contributed by atoms with Crippen LogP contribution in [-0.4, -0.2) is 23.8 Å². The predicted molar refractivity (Wildman–Crippen MR) is 56.4 cm³/mol. The van der Waals surface area contributed by atoms with Gasteiger partial charge in [0, 0.05) is 19.5 Å². The van der Waals surface area contributed by atoms with E-state index in [2.05, 4.69) is 17.2 Å². The SMILES string of the molecule is CC#CCCNCC(C)(O)C(C)C. The zero-order valence-corrected chi connectivity index (χ0v) is 9.15. The van der Waals surface area contributed by atoms with Crippen LogP contribution < -0.4 is 5.32 Å². The maximum Gasteiger partial charge on any atom is 0.0766 e. The van der Waals surface area contributed by atoms with Gasteiger partial charge in [0.05, 0.1) is 5.60 Å². The van der Waals surface area contributed by atoms with Crippen LogP contribution in [0.1, 0.15) is 34.1 Å². The molecule has 0 saturated heterocycles. The van der Waals surface area contributed by atoms with Crippen LogP contribution in [0.2, 0.25) is 0 Å². The molecule has 0 rings (SSSR count). The Hall–Kier alpha value is -0.520. The van der Waals surface area contributed by atoms with Crippen molar-refractivity contribution in [2.75, 3.05) is 13.1 Å². The van der Waals surface area contributed by atoms with Gasteiger partial charge in [0.2, 0.25) is 0 Å². The molecule has 2 heteroatoms. The fourth-order valence-corrected chi connectivity index (χ4v) is 0.821. The number of hydrogen-bond donors (Lipinski definition) is 2.